The van der Waals surface area contributed by atoms with Crippen molar-refractivity contribution >= 4 is 5.78 Å². The minimum atomic E-state index is -0.874. The van der Waals surface area contributed by atoms with Gasteiger partial charge in [0.25, 0.3) is 0 Å². The molecule has 17 heavy (non-hydrogen) atoms. The van der Waals surface area contributed by atoms with Crippen LogP contribution in [0.25, 0.3) is 0 Å². The zero-order valence-electron chi connectivity index (χ0n) is 9.57. The highest BCUT2D eigenvalue weighted by Gasteiger charge is 2.40. The second-order valence-corrected chi connectivity index (χ2v) is 4.68. The molecule has 4 nitrogen and oxygen atoms in total. The van der Waals surface area contributed by atoms with Crippen LogP contribution in [0.15, 0.2) is 18.2 Å². The molecule has 1 atom stereocenters. The van der Waals surface area contributed by atoms with Crippen molar-refractivity contribution in [2.75, 3.05) is 19.8 Å². The normalized spacial score (nSPS) is 26.6. The van der Waals surface area contributed by atoms with Crippen molar-refractivity contribution in [2.24, 2.45) is 5.73 Å². The van der Waals surface area contributed by atoms with Gasteiger partial charge in [-0.05, 0) is 18.1 Å². The molecule has 1 saturated heterocycles. The highest BCUT2D eigenvalue weighted by Crippen LogP contribution is 2.33. The average molecular weight is 233 g/mol. The molecule has 1 fully saturated rings. The lowest BCUT2D eigenvalue weighted by Gasteiger charge is -2.21. The summed E-state index contributed by atoms with van der Waals surface area (Å²) in [6.45, 7) is 1.50. The first-order chi connectivity index (χ1) is 8.21. The molecule has 1 aromatic carbocycles. The summed E-state index contributed by atoms with van der Waals surface area (Å²) >= 11 is 0. The number of benzene rings is 1. The number of carbonyl (C=O) groups excluding carboxylic acids is 1. The zero-order chi connectivity index (χ0) is 11.9. The van der Waals surface area contributed by atoms with Gasteiger partial charge in [0.2, 0.25) is 0 Å². The Labute approximate surface area is 99.7 Å². The Bertz CT molecular complexity index is 464. The molecule has 1 unspecified atom stereocenters. The Morgan fingerprint density at radius 1 is 1.35 bits per heavy atom. The van der Waals surface area contributed by atoms with Crippen LogP contribution in [0.2, 0.25) is 0 Å². The van der Waals surface area contributed by atoms with Gasteiger partial charge in [0.1, 0.15) is 11.3 Å². The fraction of sp³-hybridized carbons (Fsp3) is 0.462. The molecule has 0 spiro atoms. The van der Waals surface area contributed by atoms with Crippen molar-refractivity contribution in [2.45, 2.75) is 18.4 Å². The number of carbonyl (C=O) groups is 1. The van der Waals surface area contributed by atoms with E-state index in [-0.39, 0.29) is 5.78 Å². The maximum atomic E-state index is 12.4. The van der Waals surface area contributed by atoms with Crippen LogP contribution >= 0.6 is 0 Å². The van der Waals surface area contributed by atoms with Crippen LogP contribution < -0.4 is 10.5 Å². The molecular weight excluding hydrogens is 218 g/mol. The van der Waals surface area contributed by atoms with E-state index in [1.54, 1.807) is 6.07 Å². The van der Waals surface area contributed by atoms with E-state index in [1.807, 2.05) is 12.1 Å². The molecule has 0 saturated carbocycles. The smallest absolute Gasteiger partial charge is 0.188 e. The summed E-state index contributed by atoms with van der Waals surface area (Å²) in [5, 5.41) is 0. The first kappa shape index (κ1) is 10.7. The summed E-state index contributed by atoms with van der Waals surface area (Å²) in [7, 11) is 0. The van der Waals surface area contributed by atoms with Gasteiger partial charge in [-0.2, -0.15) is 0 Å². The van der Waals surface area contributed by atoms with Gasteiger partial charge in [-0.25, -0.2) is 0 Å². The Morgan fingerprint density at radius 3 is 3.00 bits per heavy atom. The van der Waals surface area contributed by atoms with Crippen molar-refractivity contribution in [3.05, 3.63) is 29.3 Å². The van der Waals surface area contributed by atoms with E-state index in [1.165, 1.54) is 0 Å². The van der Waals surface area contributed by atoms with Gasteiger partial charge in [-0.1, -0.05) is 12.1 Å². The van der Waals surface area contributed by atoms with Crippen molar-refractivity contribution in [1.82, 2.24) is 0 Å². The molecule has 0 bridgehead atoms. The topological polar surface area (TPSA) is 61.6 Å². The quantitative estimate of drug-likeness (QED) is 0.772. The van der Waals surface area contributed by atoms with Crippen LogP contribution in [0.5, 0.6) is 5.75 Å². The first-order valence-electron chi connectivity index (χ1n) is 5.87. The van der Waals surface area contributed by atoms with Gasteiger partial charge in [-0.3, -0.25) is 4.79 Å². The van der Waals surface area contributed by atoms with E-state index in [4.69, 9.17) is 15.2 Å². The second-order valence-electron chi connectivity index (χ2n) is 4.68. The minimum Gasteiger partial charge on any atom is -0.492 e. The van der Waals surface area contributed by atoms with E-state index in [9.17, 15) is 4.79 Å². The summed E-state index contributed by atoms with van der Waals surface area (Å²) in [6.07, 6.45) is 1.44. The fourth-order valence-electron chi connectivity index (χ4n) is 2.42. The molecule has 0 amide bonds. The SMILES string of the molecule is NC1(C(=O)c2cccc3c2OCC3)CCOC1. The van der Waals surface area contributed by atoms with Gasteiger partial charge >= 0.3 is 0 Å². The molecule has 0 radical (unpaired) electrons. The number of para-hydroxylation sites is 1. The molecule has 0 aromatic heterocycles. The van der Waals surface area contributed by atoms with Gasteiger partial charge in [0, 0.05) is 13.0 Å². The summed E-state index contributed by atoms with van der Waals surface area (Å²) in [5.74, 6) is 0.656. The molecular formula is C13H15NO3. The van der Waals surface area contributed by atoms with Crippen LogP contribution in [0, 0.1) is 0 Å². The number of nitrogens with two attached hydrogens (primary N) is 1. The van der Waals surface area contributed by atoms with Gasteiger partial charge in [-0.15, -0.1) is 0 Å². The van der Waals surface area contributed by atoms with Crippen molar-refractivity contribution in [3.8, 4) is 5.75 Å². The number of ether oxygens (including phenoxy) is 2. The molecule has 2 aliphatic heterocycles. The highest BCUT2D eigenvalue weighted by molar-refractivity contribution is 6.05. The molecule has 2 heterocycles. The standard InChI is InChI=1S/C13H15NO3/c14-13(5-7-16-8-13)12(15)10-3-1-2-9-4-6-17-11(9)10/h1-3H,4-8,14H2. The lowest BCUT2D eigenvalue weighted by molar-refractivity contribution is 0.0860. The van der Waals surface area contributed by atoms with Crippen LogP contribution in [-0.2, 0) is 11.2 Å². The third-order valence-electron chi connectivity index (χ3n) is 3.46. The van der Waals surface area contributed by atoms with Crippen LogP contribution in [-0.4, -0.2) is 31.1 Å². The first-order valence-corrected chi connectivity index (χ1v) is 5.87. The third-order valence-corrected chi connectivity index (χ3v) is 3.46. The molecule has 2 aliphatic rings. The molecule has 4 heteroatoms. The summed E-state index contributed by atoms with van der Waals surface area (Å²) in [4.78, 5) is 12.4. The third kappa shape index (κ3) is 1.64. The van der Waals surface area contributed by atoms with Gasteiger partial charge in [0.15, 0.2) is 5.78 Å². The van der Waals surface area contributed by atoms with Crippen LogP contribution in [0.1, 0.15) is 22.3 Å². The average Bonchev–Trinajstić information content (AvgIpc) is 2.96. The van der Waals surface area contributed by atoms with Gasteiger partial charge in [0.05, 0.1) is 18.8 Å². The molecule has 1 aromatic rings. The van der Waals surface area contributed by atoms with Crippen molar-refractivity contribution in [3.63, 3.8) is 0 Å². The van der Waals surface area contributed by atoms with E-state index in [0.717, 1.165) is 12.0 Å². The molecule has 0 aliphatic carbocycles. The predicted molar refractivity (Wildman–Crippen MR) is 62.3 cm³/mol. The van der Waals surface area contributed by atoms with Gasteiger partial charge < -0.3 is 15.2 Å². The number of fused-ring (bicyclic) bond motifs is 1. The summed E-state index contributed by atoms with van der Waals surface area (Å²) in [5.41, 5.74) is 6.93. The summed E-state index contributed by atoms with van der Waals surface area (Å²) in [6, 6.07) is 5.67. The van der Waals surface area contributed by atoms with Crippen LogP contribution in [0.3, 0.4) is 0 Å². The van der Waals surface area contributed by atoms with Crippen molar-refractivity contribution in [1.29, 1.82) is 0 Å². The second kappa shape index (κ2) is 3.82. The summed E-state index contributed by atoms with van der Waals surface area (Å²) < 4.78 is 10.8. The molecule has 3 rings (SSSR count). The Kier molecular flexibility index (Phi) is 2.42. The predicted octanol–water partition coefficient (Wildman–Crippen LogP) is 0.922. The van der Waals surface area contributed by atoms with E-state index in [0.29, 0.717) is 37.6 Å². The lowest BCUT2D eigenvalue weighted by Crippen LogP contribution is -2.48. The minimum absolute atomic E-state index is 0.0613. The van der Waals surface area contributed by atoms with E-state index in [2.05, 4.69) is 0 Å². The number of hydrogen-bond donors (Lipinski definition) is 1. The van der Waals surface area contributed by atoms with E-state index < -0.39 is 5.54 Å². The molecule has 90 valence electrons. The Morgan fingerprint density at radius 2 is 2.24 bits per heavy atom. The zero-order valence-corrected chi connectivity index (χ0v) is 9.57. The van der Waals surface area contributed by atoms with Crippen molar-refractivity contribution < 1.29 is 14.3 Å². The monoisotopic (exact) mass is 233 g/mol. The Hall–Kier alpha value is -1.39. The maximum Gasteiger partial charge on any atom is 0.188 e. The van der Waals surface area contributed by atoms with E-state index >= 15 is 0 Å². The van der Waals surface area contributed by atoms with Crippen LogP contribution in [0.4, 0.5) is 0 Å². The number of rotatable bonds is 2. The molecule has 2 N–H and O–H groups in total. The fourth-order valence-corrected chi connectivity index (χ4v) is 2.42. The highest BCUT2D eigenvalue weighted by atomic mass is 16.5. The largest absolute Gasteiger partial charge is 0.492 e. The number of Topliss-reactive ketones (excluding diaryl/α,β-unsaturated/α-hetero) is 1. The number of hydrogen-bond acceptors (Lipinski definition) is 4. The lowest BCUT2D eigenvalue weighted by atomic mass is 9.88. The maximum absolute atomic E-state index is 12.4. The number of ketones is 1. The Balaban J connectivity index is 1.99.